The van der Waals surface area contributed by atoms with Crippen molar-refractivity contribution in [3.05, 3.63) is 24.1 Å². The van der Waals surface area contributed by atoms with Gasteiger partial charge in [0.05, 0.1) is 0 Å². The van der Waals surface area contributed by atoms with Gasteiger partial charge in [-0.15, -0.1) is 0 Å². The summed E-state index contributed by atoms with van der Waals surface area (Å²) in [5.41, 5.74) is 0.00984. The number of nitrogens with zero attached hydrogens (tertiary/aromatic N) is 2. The monoisotopic (exact) mass is 294 g/mol. The summed E-state index contributed by atoms with van der Waals surface area (Å²) in [5, 5.41) is 0. The van der Waals surface area contributed by atoms with Crippen molar-refractivity contribution >= 4 is 5.91 Å². The number of hydrogen-bond donors (Lipinski definition) is 0. The Labute approximate surface area is 125 Å². The highest BCUT2D eigenvalue weighted by Gasteiger charge is 2.26. The Morgan fingerprint density at radius 2 is 2.05 bits per heavy atom. The number of likely N-dealkylation sites (tertiary alicyclic amines) is 1. The number of halogens is 1. The molecule has 21 heavy (non-hydrogen) atoms. The maximum Gasteiger partial charge on any atom is 0.223 e. The Morgan fingerprint density at radius 3 is 2.62 bits per heavy atom. The van der Waals surface area contributed by atoms with Crippen LogP contribution in [0.15, 0.2) is 18.2 Å². The molecule has 4 nitrogen and oxygen atoms in total. The van der Waals surface area contributed by atoms with Gasteiger partial charge in [-0.1, -0.05) is 26.8 Å². The standard InChI is InChI=1S/C16H23FN2O2/c1-16(2,3)11-15(20)19-9-7-12(8-10-19)21-14-6-4-5-13(17)18-14/h4-6,12H,7-11H2,1-3H3. The van der Waals surface area contributed by atoms with E-state index in [1.807, 2.05) is 4.90 Å². The van der Waals surface area contributed by atoms with E-state index in [2.05, 4.69) is 25.8 Å². The van der Waals surface area contributed by atoms with E-state index in [0.717, 1.165) is 12.8 Å². The predicted molar refractivity (Wildman–Crippen MR) is 78.5 cm³/mol. The van der Waals surface area contributed by atoms with Gasteiger partial charge in [-0.3, -0.25) is 4.79 Å². The number of carbonyl (C=O) groups excluding carboxylic acids is 1. The molecule has 0 N–H and O–H groups in total. The van der Waals surface area contributed by atoms with Gasteiger partial charge in [0.1, 0.15) is 6.10 Å². The lowest BCUT2D eigenvalue weighted by Gasteiger charge is -2.33. The van der Waals surface area contributed by atoms with E-state index < -0.39 is 5.95 Å². The fourth-order valence-corrected chi connectivity index (χ4v) is 2.41. The maximum absolute atomic E-state index is 13.0. The van der Waals surface area contributed by atoms with Crippen LogP contribution in [0, 0.1) is 11.4 Å². The van der Waals surface area contributed by atoms with Gasteiger partial charge >= 0.3 is 0 Å². The van der Waals surface area contributed by atoms with E-state index in [1.54, 1.807) is 12.1 Å². The summed E-state index contributed by atoms with van der Waals surface area (Å²) in [4.78, 5) is 17.7. The van der Waals surface area contributed by atoms with Gasteiger partial charge < -0.3 is 9.64 Å². The Balaban J connectivity index is 1.82. The quantitative estimate of drug-likeness (QED) is 0.805. The van der Waals surface area contributed by atoms with Crippen LogP contribution in [0.5, 0.6) is 5.88 Å². The molecule has 0 spiro atoms. The second-order valence-electron chi connectivity index (χ2n) is 6.73. The predicted octanol–water partition coefficient (Wildman–Crippen LogP) is 3.03. The summed E-state index contributed by atoms with van der Waals surface area (Å²) in [6.45, 7) is 7.58. The van der Waals surface area contributed by atoms with E-state index in [1.165, 1.54) is 6.07 Å². The zero-order chi connectivity index (χ0) is 15.5. The Morgan fingerprint density at radius 1 is 1.38 bits per heavy atom. The second kappa shape index (κ2) is 6.41. The molecule has 0 radical (unpaired) electrons. The average molecular weight is 294 g/mol. The summed E-state index contributed by atoms with van der Waals surface area (Å²) in [6.07, 6.45) is 2.07. The second-order valence-corrected chi connectivity index (χ2v) is 6.73. The van der Waals surface area contributed by atoms with Crippen molar-refractivity contribution in [2.24, 2.45) is 5.41 Å². The molecule has 1 aliphatic rings. The molecule has 1 fully saturated rings. The van der Waals surface area contributed by atoms with Crippen LogP contribution >= 0.6 is 0 Å². The number of amides is 1. The van der Waals surface area contributed by atoms with Crippen LogP contribution in [0.4, 0.5) is 4.39 Å². The fourth-order valence-electron chi connectivity index (χ4n) is 2.41. The fraction of sp³-hybridized carbons (Fsp3) is 0.625. The van der Waals surface area contributed by atoms with Crippen molar-refractivity contribution in [1.82, 2.24) is 9.88 Å². The largest absolute Gasteiger partial charge is 0.474 e. The van der Waals surface area contributed by atoms with Crippen LogP contribution in [-0.2, 0) is 4.79 Å². The first kappa shape index (κ1) is 15.7. The van der Waals surface area contributed by atoms with Crippen LogP contribution < -0.4 is 4.74 Å². The summed E-state index contributed by atoms with van der Waals surface area (Å²) in [6, 6.07) is 4.53. The highest BCUT2D eigenvalue weighted by molar-refractivity contribution is 5.76. The highest BCUT2D eigenvalue weighted by atomic mass is 19.1. The molecule has 1 aromatic rings. The number of hydrogen-bond acceptors (Lipinski definition) is 3. The Hall–Kier alpha value is -1.65. The molecule has 1 aromatic heterocycles. The zero-order valence-electron chi connectivity index (χ0n) is 12.9. The van der Waals surface area contributed by atoms with Crippen LogP contribution in [0.25, 0.3) is 0 Å². The van der Waals surface area contributed by atoms with E-state index in [0.29, 0.717) is 25.4 Å². The van der Waals surface area contributed by atoms with Crippen molar-refractivity contribution in [2.75, 3.05) is 13.1 Å². The smallest absolute Gasteiger partial charge is 0.223 e. The molecule has 1 amide bonds. The van der Waals surface area contributed by atoms with Crippen LogP contribution in [0.2, 0.25) is 0 Å². The lowest BCUT2D eigenvalue weighted by molar-refractivity contribution is -0.134. The molecular formula is C16H23FN2O2. The summed E-state index contributed by atoms with van der Waals surface area (Å²) in [7, 11) is 0. The molecule has 0 unspecified atom stereocenters. The maximum atomic E-state index is 13.0. The molecule has 5 heteroatoms. The van der Waals surface area contributed by atoms with Crippen molar-refractivity contribution in [3.63, 3.8) is 0 Å². The minimum atomic E-state index is -0.537. The third-order valence-corrected chi connectivity index (χ3v) is 3.45. The topological polar surface area (TPSA) is 42.4 Å². The lowest BCUT2D eigenvalue weighted by Crippen LogP contribution is -2.42. The molecule has 0 bridgehead atoms. The number of pyridine rings is 1. The van der Waals surface area contributed by atoms with E-state index in [9.17, 15) is 9.18 Å². The third-order valence-electron chi connectivity index (χ3n) is 3.45. The normalized spacial score (nSPS) is 16.9. The van der Waals surface area contributed by atoms with E-state index in [4.69, 9.17) is 4.74 Å². The number of carbonyl (C=O) groups is 1. The van der Waals surface area contributed by atoms with Gasteiger partial charge in [0.2, 0.25) is 17.7 Å². The molecule has 2 heterocycles. The van der Waals surface area contributed by atoms with Crippen molar-refractivity contribution < 1.29 is 13.9 Å². The van der Waals surface area contributed by atoms with Gasteiger partial charge in [-0.2, -0.15) is 9.37 Å². The van der Waals surface area contributed by atoms with Crippen molar-refractivity contribution in [1.29, 1.82) is 0 Å². The molecule has 0 aromatic carbocycles. The first-order valence-corrected chi connectivity index (χ1v) is 7.40. The Kier molecular flexibility index (Phi) is 4.80. The highest BCUT2D eigenvalue weighted by Crippen LogP contribution is 2.23. The van der Waals surface area contributed by atoms with E-state index >= 15 is 0 Å². The van der Waals surface area contributed by atoms with Gasteiger partial charge in [0.25, 0.3) is 0 Å². The molecule has 0 saturated carbocycles. The van der Waals surface area contributed by atoms with Crippen LogP contribution in [0.1, 0.15) is 40.0 Å². The number of piperidine rings is 1. The lowest BCUT2D eigenvalue weighted by atomic mass is 9.91. The van der Waals surface area contributed by atoms with Gasteiger partial charge in [-0.25, -0.2) is 0 Å². The first-order chi connectivity index (χ1) is 9.83. The number of rotatable bonds is 3. The Bertz CT molecular complexity index is 491. The first-order valence-electron chi connectivity index (χ1n) is 7.40. The molecule has 116 valence electrons. The average Bonchev–Trinajstić information content (AvgIpc) is 2.37. The zero-order valence-corrected chi connectivity index (χ0v) is 12.9. The summed E-state index contributed by atoms with van der Waals surface area (Å²) >= 11 is 0. The molecule has 0 atom stereocenters. The van der Waals surface area contributed by atoms with Crippen LogP contribution in [0.3, 0.4) is 0 Å². The SMILES string of the molecule is CC(C)(C)CC(=O)N1CCC(Oc2cccc(F)n2)CC1. The molecular weight excluding hydrogens is 271 g/mol. The van der Waals surface area contributed by atoms with Gasteiger partial charge in [0.15, 0.2) is 0 Å². The van der Waals surface area contributed by atoms with Gasteiger partial charge in [0, 0.05) is 38.4 Å². The number of aromatic nitrogens is 1. The molecule has 0 aliphatic carbocycles. The van der Waals surface area contributed by atoms with E-state index in [-0.39, 0.29) is 17.4 Å². The van der Waals surface area contributed by atoms with Crippen LogP contribution in [-0.4, -0.2) is 35.0 Å². The van der Waals surface area contributed by atoms with Crippen molar-refractivity contribution in [2.45, 2.75) is 46.1 Å². The molecule has 1 saturated heterocycles. The molecule has 2 rings (SSSR count). The molecule has 1 aliphatic heterocycles. The summed E-state index contributed by atoms with van der Waals surface area (Å²) in [5.74, 6) is -0.0235. The third kappa shape index (κ3) is 4.99. The minimum absolute atomic E-state index is 0.00186. The summed E-state index contributed by atoms with van der Waals surface area (Å²) < 4.78 is 18.7. The number of ether oxygens (including phenoxy) is 1. The van der Waals surface area contributed by atoms with Gasteiger partial charge in [-0.05, 0) is 11.5 Å². The van der Waals surface area contributed by atoms with Crippen molar-refractivity contribution in [3.8, 4) is 5.88 Å². The minimum Gasteiger partial charge on any atom is -0.474 e.